The molecule has 2 aliphatic rings. The Bertz CT molecular complexity index is 335. The van der Waals surface area contributed by atoms with Crippen molar-refractivity contribution in [3.63, 3.8) is 0 Å². The van der Waals surface area contributed by atoms with E-state index in [0.717, 1.165) is 29.9 Å². The lowest BCUT2D eigenvalue weighted by atomic mass is 9.58. The molecule has 0 aromatic carbocycles. The van der Waals surface area contributed by atoms with Crippen LogP contribution in [0.4, 0.5) is 0 Å². The molecule has 1 atom stereocenters. The van der Waals surface area contributed by atoms with Gasteiger partial charge in [-0.2, -0.15) is 0 Å². The van der Waals surface area contributed by atoms with E-state index in [1.807, 2.05) is 0 Å². The molecule has 0 spiro atoms. The van der Waals surface area contributed by atoms with E-state index in [0.29, 0.717) is 0 Å². The Kier molecular flexibility index (Phi) is 5.73. The van der Waals surface area contributed by atoms with Gasteiger partial charge in [0.15, 0.2) is 5.54 Å². The number of hydrogen-bond acceptors (Lipinski definition) is 1. The number of hydrogen-bond donors (Lipinski definition) is 0. The third kappa shape index (κ3) is 3.14. The Morgan fingerprint density at radius 1 is 1.00 bits per heavy atom. The van der Waals surface area contributed by atoms with Crippen molar-refractivity contribution in [3.05, 3.63) is 5.21 Å². The molecule has 0 amide bonds. The summed E-state index contributed by atoms with van der Waals surface area (Å²) in [5.41, 5.74) is -0.0849. The molecule has 2 heteroatoms. The van der Waals surface area contributed by atoms with Gasteiger partial charge in [0.05, 0.1) is 0 Å². The maximum atomic E-state index is 12.7. The van der Waals surface area contributed by atoms with Gasteiger partial charge in [-0.1, -0.05) is 52.4 Å². The Hall–Kier alpha value is -0.530. The molecule has 0 radical (unpaired) electrons. The van der Waals surface area contributed by atoms with Crippen molar-refractivity contribution in [2.75, 3.05) is 0 Å². The average Bonchev–Trinajstić information content (AvgIpc) is 3.03. The molecule has 2 rings (SSSR count). The molecular weight excluding hydrogens is 258 g/mol. The summed E-state index contributed by atoms with van der Waals surface area (Å²) < 4.78 is 1.15. The third-order valence-electron chi connectivity index (χ3n) is 6.96. The van der Waals surface area contributed by atoms with Crippen molar-refractivity contribution in [1.29, 1.82) is 0 Å². The lowest BCUT2D eigenvalue weighted by Gasteiger charge is -2.49. The van der Waals surface area contributed by atoms with Gasteiger partial charge in [0, 0.05) is 18.3 Å². The van der Waals surface area contributed by atoms with Gasteiger partial charge >= 0.3 is 0 Å². The predicted molar refractivity (Wildman–Crippen MR) is 90.8 cm³/mol. The van der Waals surface area contributed by atoms with E-state index in [-0.39, 0.29) is 11.0 Å². The first-order valence-electron chi connectivity index (χ1n) is 9.35. The van der Waals surface area contributed by atoms with Gasteiger partial charge < -0.3 is 5.21 Å². The Morgan fingerprint density at radius 3 is 1.90 bits per heavy atom. The number of hydroxylamine groups is 1. The highest BCUT2D eigenvalue weighted by Gasteiger charge is 2.56. The lowest BCUT2D eigenvalue weighted by molar-refractivity contribution is -0.573. The van der Waals surface area contributed by atoms with Crippen molar-refractivity contribution >= 4 is 6.72 Å². The van der Waals surface area contributed by atoms with Crippen LogP contribution >= 0.6 is 0 Å². The molecule has 0 bridgehead atoms. The molecule has 0 aromatic rings. The second-order valence-electron chi connectivity index (χ2n) is 7.78. The summed E-state index contributed by atoms with van der Waals surface area (Å²) in [5, 5.41) is 12.7. The molecule has 21 heavy (non-hydrogen) atoms. The molecular formula is C19H35NO. The average molecular weight is 293 g/mol. The van der Waals surface area contributed by atoms with Crippen LogP contribution in [0.3, 0.4) is 0 Å². The van der Waals surface area contributed by atoms with Crippen LogP contribution < -0.4 is 0 Å². The van der Waals surface area contributed by atoms with Crippen LogP contribution in [0.15, 0.2) is 0 Å². The van der Waals surface area contributed by atoms with Gasteiger partial charge in [-0.05, 0) is 38.0 Å². The van der Waals surface area contributed by atoms with Crippen molar-refractivity contribution in [2.24, 2.45) is 11.3 Å². The summed E-state index contributed by atoms with van der Waals surface area (Å²) in [6.07, 6.45) is 16.3. The third-order valence-corrected chi connectivity index (χ3v) is 6.96. The van der Waals surface area contributed by atoms with Gasteiger partial charge in [-0.3, -0.25) is 0 Å². The molecule has 0 N–H and O–H groups in total. The fraction of sp³-hybridized carbons (Fsp3) is 0.947. The summed E-state index contributed by atoms with van der Waals surface area (Å²) >= 11 is 0. The van der Waals surface area contributed by atoms with E-state index in [1.165, 1.54) is 64.2 Å². The van der Waals surface area contributed by atoms with E-state index >= 15 is 0 Å². The van der Waals surface area contributed by atoms with Gasteiger partial charge in [0.25, 0.3) is 0 Å². The quantitative estimate of drug-likeness (QED) is 0.283. The number of nitrogens with zero attached hydrogens (tertiary/aromatic N) is 1. The van der Waals surface area contributed by atoms with Crippen molar-refractivity contribution in [3.8, 4) is 0 Å². The zero-order valence-electron chi connectivity index (χ0n) is 14.3. The normalized spacial score (nSPS) is 27.3. The first-order chi connectivity index (χ1) is 10.1. The van der Waals surface area contributed by atoms with Gasteiger partial charge in [-0.25, -0.2) is 4.74 Å². The van der Waals surface area contributed by atoms with Crippen LogP contribution in [0.25, 0.3) is 0 Å². The molecule has 2 nitrogen and oxygen atoms in total. The van der Waals surface area contributed by atoms with Crippen LogP contribution in [0.2, 0.25) is 0 Å². The van der Waals surface area contributed by atoms with Crippen LogP contribution in [0.5, 0.6) is 0 Å². The summed E-state index contributed by atoms with van der Waals surface area (Å²) in [6.45, 7) is 8.62. The smallest absolute Gasteiger partial charge is 0.177 e. The van der Waals surface area contributed by atoms with Crippen molar-refractivity contribution in [1.82, 2.24) is 0 Å². The minimum atomic E-state index is -0.221. The van der Waals surface area contributed by atoms with Crippen LogP contribution in [0, 0.1) is 16.5 Å². The molecule has 122 valence electrons. The Balaban J connectivity index is 2.33. The van der Waals surface area contributed by atoms with Gasteiger partial charge in [0.2, 0.25) is 0 Å². The van der Waals surface area contributed by atoms with Crippen LogP contribution in [0.1, 0.15) is 97.3 Å². The van der Waals surface area contributed by atoms with Crippen LogP contribution in [-0.4, -0.2) is 17.0 Å². The van der Waals surface area contributed by atoms with E-state index in [9.17, 15) is 5.21 Å². The summed E-state index contributed by atoms with van der Waals surface area (Å²) in [7, 11) is 0. The maximum absolute atomic E-state index is 12.7. The first kappa shape index (κ1) is 16.8. The molecule has 0 aliphatic heterocycles. The van der Waals surface area contributed by atoms with E-state index in [4.69, 9.17) is 0 Å². The van der Waals surface area contributed by atoms with Crippen molar-refractivity contribution < 1.29 is 4.74 Å². The zero-order valence-corrected chi connectivity index (χ0v) is 14.3. The molecule has 0 saturated heterocycles. The minimum absolute atomic E-state index is 0.136. The highest BCUT2D eigenvalue weighted by Crippen LogP contribution is 2.54. The summed E-state index contributed by atoms with van der Waals surface area (Å²) in [6, 6.07) is 0. The van der Waals surface area contributed by atoms with Crippen molar-refractivity contribution in [2.45, 2.75) is 103 Å². The lowest BCUT2D eigenvalue weighted by Crippen LogP contribution is -2.55. The van der Waals surface area contributed by atoms with E-state index in [2.05, 4.69) is 20.6 Å². The standard InChI is InChI=1S/C19H35NO/c1-4-18(2,17-13-9-10-14-17)19(20(3)21)15-11-7-5-6-8-12-16-19/h17H,3-16H2,1-2H3. The summed E-state index contributed by atoms with van der Waals surface area (Å²) in [4.78, 5) is 0. The topological polar surface area (TPSA) is 26.1 Å². The van der Waals surface area contributed by atoms with Gasteiger partial charge in [0.1, 0.15) is 6.72 Å². The van der Waals surface area contributed by atoms with E-state index < -0.39 is 0 Å². The highest BCUT2D eigenvalue weighted by molar-refractivity contribution is 5.17. The molecule has 2 aliphatic carbocycles. The summed E-state index contributed by atoms with van der Waals surface area (Å²) in [5.74, 6) is 0.724. The SMILES string of the molecule is C=[N+]([O-])C1(C(C)(CC)C2CCCC2)CCCCCCCC1. The van der Waals surface area contributed by atoms with E-state index in [1.54, 1.807) is 0 Å². The maximum Gasteiger partial charge on any atom is 0.177 e. The molecule has 2 saturated carbocycles. The molecule has 2 fully saturated rings. The van der Waals surface area contributed by atoms with Crippen LogP contribution in [-0.2, 0) is 0 Å². The second kappa shape index (κ2) is 7.15. The molecule has 1 unspecified atom stereocenters. The second-order valence-corrected chi connectivity index (χ2v) is 7.78. The Labute approximate surface area is 131 Å². The minimum Gasteiger partial charge on any atom is -0.624 e. The molecule has 0 aromatic heterocycles. The number of rotatable bonds is 4. The largest absolute Gasteiger partial charge is 0.624 e. The predicted octanol–water partition coefficient (Wildman–Crippen LogP) is 5.68. The highest BCUT2D eigenvalue weighted by atomic mass is 16.5. The fourth-order valence-corrected chi connectivity index (χ4v) is 5.33. The van der Waals surface area contributed by atoms with Gasteiger partial charge in [-0.15, -0.1) is 0 Å². The Morgan fingerprint density at radius 2 is 1.48 bits per heavy atom. The first-order valence-corrected chi connectivity index (χ1v) is 9.35. The monoisotopic (exact) mass is 293 g/mol. The fourth-order valence-electron chi connectivity index (χ4n) is 5.33. The zero-order chi connectivity index (χ0) is 15.3. The molecule has 0 heterocycles.